The molecular weight excluding hydrogens is 456 g/mol. The first kappa shape index (κ1) is 21.7. The van der Waals surface area contributed by atoms with E-state index < -0.39 is 4.92 Å². The Balaban J connectivity index is 1.69. The van der Waals surface area contributed by atoms with Crippen LogP contribution in [0.1, 0.15) is 13.8 Å². The summed E-state index contributed by atoms with van der Waals surface area (Å²) >= 11 is 0. The summed E-state index contributed by atoms with van der Waals surface area (Å²) in [4.78, 5) is 27.4. The van der Waals surface area contributed by atoms with Crippen molar-refractivity contribution in [1.82, 2.24) is 14.4 Å². The zero-order chi connectivity index (χ0) is 24.8. The van der Waals surface area contributed by atoms with Gasteiger partial charge in [-0.25, -0.2) is 9.98 Å². The minimum absolute atomic E-state index is 0.00375. The quantitative estimate of drug-likeness (QED) is 0.177. The van der Waals surface area contributed by atoms with Gasteiger partial charge in [0.15, 0.2) is 5.65 Å². The third-order valence-corrected chi connectivity index (χ3v) is 6.35. The van der Waals surface area contributed by atoms with Gasteiger partial charge < -0.3 is 9.32 Å². The molecule has 0 N–H and O–H groups in total. The first-order valence-corrected chi connectivity index (χ1v) is 11.7. The fourth-order valence-corrected chi connectivity index (χ4v) is 4.53. The second kappa shape index (κ2) is 8.46. The second-order valence-corrected chi connectivity index (χ2v) is 8.42. The molecule has 0 saturated carbocycles. The summed E-state index contributed by atoms with van der Waals surface area (Å²) in [5.74, 6) is 0. The Kier molecular flexibility index (Phi) is 5.10. The fraction of sp³-hybridized carbons (Fsp3) is 0.148. The van der Waals surface area contributed by atoms with Crippen LogP contribution in [0, 0.1) is 10.1 Å². The molecule has 0 bridgehead atoms. The van der Waals surface area contributed by atoms with E-state index in [9.17, 15) is 10.1 Å². The molecule has 0 radical (unpaired) electrons. The number of hydrogen-bond acceptors (Lipinski definition) is 7. The summed E-state index contributed by atoms with van der Waals surface area (Å²) in [5.41, 5.74) is 5.51. The highest BCUT2D eigenvalue weighted by Crippen LogP contribution is 2.28. The molecule has 0 fully saturated rings. The van der Waals surface area contributed by atoms with E-state index in [0.717, 1.165) is 40.6 Å². The van der Waals surface area contributed by atoms with Crippen molar-refractivity contribution in [1.29, 1.82) is 0 Å². The maximum atomic E-state index is 11.1. The maximum Gasteiger partial charge on any atom is 0.269 e. The fourth-order valence-electron chi connectivity index (χ4n) is 4.53. The lowest BCUT2D eigenvalue weighted by Gasteiger charge is -2.20. The molecule has 3 aromatic heterocycles. The highest BCUT2D eigenvalue weighted by molar-refractivity contribution is 5.99. The SMILES string of the molecule is CCN(CC)c1ccc2c(c1)nc1c3cc4ccccc4oc3nc(=Nc3ccc([N+](=O)[O-])cc3)n21. The van der Waals surface area contributed by atoms with E-state index in [-0.39, 0.29) is 5.69 Å². The number of anilines is 1. The van der Waals surface area contributed by atoms with Gasteiger partial charge in [0.05, 0.1) is 27.0 Å². The van der Waals surface area contributed by atoms with Crippen LogP contribution in [-0.4, -0.2) is 32.4 Å². The van der Waals surface area contributed by atoms with Crippen molar-refractivity contribution in [3.8, 4) is 0 Å². The van der Waals surface area contributed by atoms with Crippen molar-refractivity contribution < 1.29 is 9.34 Å². The van der Waals surface area contributed by atoms with Crippen LogP contribution in [0.3, 0.4) is 0 Å². The van der Waals surface area contributed by atoms with Gasteiger partial charge in [0.2, 0.25) is 11.3 Å². The van der Waals surface area contributed by atoms with Crippen LogP contribution in [0.25, 0.3) is 38.7 Å². The van der Waals surface area contributed by atoms with E-state index in [2.05, 4.69) is 30.9 Å². The van der Waals surface area contributed by atoms with Crippen LogP contribution in [-0.2, 0) is 0 Å². The largest absolute Gasteiger partial charge is 0.437 e. The van der Waals surface area contributed by atoms with Gasteiger partial charge >= 0.3 is 0 Å². The molecule has 0 atom stereocenters. The van der Waals surface area contributed by atoms with E-state index in [0.29, 0.717) is 28.2 Å². The number of nitro groups is 1. The number of fused-ring (bicyclic) bond motifs is 6. The number of nitrogens with zero attached hydrogens (tertiary/aromatic N) is 6. The van der Waals surface area contributed by atoms with Gasteiger partial charge in [-0.3, -0.25) is 14.5 Å². The predicted octanol–water partition coefficient (Wildman–Crippen LogP) is 5.77. The number of imidazole rings is 1. The van der Waals surface area contributed by atoms with E-state index in [1.165, 1.54) is 12.1 Å². The highest BCUT2D eigenvalue weighted by atomic mass is 16.6. The Morgan fingerprint density at radius 2 is 1.78 bits per heavy atom. The summed E-state index contributed by atoms with van der Waals surface area (Å²) in [7, 11) is 0. The van der Waals surface area contributed by atoms with Crippen molar-refractivity contribution in [3.05, 3.63) is 88.5 Å². The van der Waals surface area contributed by atoms with Gasteiger partial charge in [0.25, 0.3) is 5.69 Å². The Morgan fingerprint density at radius 1 is 1.00 bits per heavy atom. The molecule has 9 nitrogen and oxygen atoms in total. The van der Waals surface area contributed by atoms with Crippen LogP contribution in [0.15, 0.2) is 82.2 Å². The number of rotatable bonds is 5. The normalized spacial score (nSPS) is 12.2. The Bertz CT molecular complexity index is 1850. The van der Waals surface area contributed by atoms with E-state index >= 15 is 0 Å². The molecule has 6 rings (SSSR count). The van der Waals surface area contributed by atoms with Crippen LogP contribution in [0.2, 0.25) is 0 Å². The lowest BCUT2D eigenvalue weighted by molar-refractivity contribution is -0.384. The number of non-ortho nitro benzene ring substituents is 1. The molecule has 0 aliphatic heterocycles. The third kappa shape index (κ3) is 3.52. The third-order valence-electron chi connectivity index (χ3n) is 6.35. The topological polar surface area (TPSA) is 102 Å². The van der Waals surface area contributed by atoms with Crippen molar-refractivity contribution in [2.45, 2.75) is 13.8 Å². The minimum Gasteiger partial charge on any atom is -0.437 e. The van der Waals surface area contributed by atoms with Gasteiger partial charge in [-0.2, -0.15) is 4.98 Å². The molecule has 0 spiro atoms. The average Bonchev–Trinajstić information content (AvgIpc) is 3.28. The van der Waals surface area contributed by atoms with Crippen molar-refractivity contribution in [2.24, 2.45) is 4.99 Å². The molecule has 36 heavy (non-hydrogen) atoms. The number of nitro benzene ring substituents is 1. The highest BCUT2D eigenvalue weighted by Gasteiger charge is 2.16. The van der Waals surface area contributed by atoms with E-state index in [1.54, 1.807) is 12.1 Å². The summed E-state index contributed by atoms with van der Waals surface area (Å²) in [6.45, 7) is 6.04. The molecule has 0 aliphatic rings. The predicted molar refractivity (Wildman–Crippen MR) is 140 cm³/mol. The molecule has 0 saturated heterocycles. The average molecular weight is 479 g/mol. The molecular formula is C27H22N6O3. The summed E-state index contributed by atoms with van der Waals surface area (Å²) in [6, 6.07) is 22.0. The maximum absolute atomic E-state index is 11.1. The zero-order valence-corrected chi connectivity index (χ0v) is 19.8. The summed E-state index contributed by atoms with van der Waals surface area (Å²) in [5, 5.41) is 12.8. The standard InChI is InChI=1S/C27H22N6O3/c1-3-31(4-2)20-13-14-23-22(16-20)29-25-21-15-17-7-5-6-8-24(17)36-26(21)30-27(32(23)25)28-18-9-11-19(12-10-18)33(34)35/h5-16H,3-4H2,1-2H3. The Hall–Kier alpha value is -4.79. The lowest BCUT2D eigenvalue weighted by atomic mass is 10.2. The Morgan fingerprint density at radius 3 is 2.53 bits per heavy atom. The number of aromatic nitrogens is 3. The first-order chi connectivity index (χ1) is 17.6. The monoisotopic (exact) mass is 478 g/mol. The van der Waals surface area contributed by atoms with E-state index in [1.807, 2.05) is 40.8 Å². The molecule has 0 unspecified atom stereocenters. The van der Waals surface area contributed by atoms with Crippen molar-refractivity contribution in [2.75, 3.05) is 18.0 Å². The van der Waals surface area contributed by atoms with Crippen molar-refractivity contribution in [3.63, 3.8) is 0 Å². The summed E-state index contributed by atoms with van der Waals surface area (Å²) in [6.07, 6.45) is 0. The summed E-state index contributed by atoms with van der Waals surface area (Å²) < 4.78 is 8.07. The molecule has 9 heteroatoms. The second-order valence-electron chi connectivity index (χ2n) is 8.42. The van der Waals surface area contributed by atoms with Gasteiger partial charge in [-0.05, 0) is 56.3 Å². The first-order valence-electron chi connectivity index (χ1n) is 11.7. The van der Waals surface area contributed by atoms with Gasteiger partial charge in [0.1, 0.15) is 5.58 Å². The van der Waals surface area contributed by atoms with Gasteiger partial charge in [-0.15, -0.1) is 0 Å². The van der Waals surface area contributed by atoms with E-state index in [4.69, 9.17) is 19.4 Å². The molecule has 0 amide bonds. The number of hydrogen-bond donors (Lipinski definition) is 0. The Labute approximate surface area is 205 Å². The molecule has 0 aliphatic carbocycles. The molecule has 6 aromatic rings. The van der Waals surface area contributed by atoms with Crippen LogP contribution >= 0.6 is 0 Å². The van der Waals surface area contributed by atoms with Crippen LogP contribution in [0.4, 0.5) is 17.1 Å². The van der Waals surface area contributed by atoms with Gasteiger partial charge in [0, 0.05) is 36.3 Å². The molecule has 3 heterocycles. The zero-order valence-electron chi connectivity index (χ0n) is 19.8. The van der Waals surface area contributed by atoms with Crippen molar-refractivity contribution >= 4 is 55.8 Å². The van der Waals surface area contributed by atoms with Crippen LogP contribution in [0.5, 0.6) is 0 Å². The van der Waals surface area contributed by atoms with Gasteiger partial charge in [-0.1, -0.05) is 18.2 Å². The molecule has 178 valence electrons. The number of para-hydroxylation sites is 1. The lowest BCUT2D eigenvalue weighted by Crippen LogP contribution is -2.21. The minimum atomic E-state index is -0.433. The van der Waals surface area contributed by atoms with Crippen LogP contribution < -0.4 is 10.5 Å². The molecule has 3 aromatic carbocycles. The smallest absolute Gasteiger partial charge is 0.269 e. The number of benzene rings is 3.